The molecule has 0 bridgehead atoms. The zero-order chi connectivity index (χ0) is 10.7. The Morgan fingerprint density at radius 3 is 2.87 bits per heavy atom. The first-order chi connectivity index (χ1) is 7.25. The molecule has 2 aromatic heterocycles. The van der Waals surface area contributed by atoms with Gasteiger partial charge >= 0.3 is 0 Å². The molecule has 2 aromatic rings. The highest BCUT2D eigenvalue weighted by Crippen LogP contribution is 2.23. The summed E-state index contributed by atoms with van der Waals surface area (Å²) in [7, 11) is 1.98. The third-order valence-corrected chi connectivity index (χ3v) is 2.90. The zero-order valence-corrected chi connectivity index (χ0v) is 9.24. The van der Waals surface area contributed by atoms with Gasteiger partial charge in [-0.2, -0.15) is 0 Å². The third kappa shape index (κ3) is 2.44. The number of hydrogen-bond acceptors (Lipinski definition) is 5. The largest absolute Gasteiger partial charge is 0.389 e. The molecule has 78 valence electrons. The van der Waals surface area contributed by atoms with Crippen LogP contribution < -0.4 is 10.6 Å². The predicted octanol–water partition coefficient (Wildman–Crippen LogP) is 1.76. The lowest BCUT2D eigenvalue weighted by Crippen LogP contribution is -2.16. The second-order valence-corrected chi connectivity index (χ2v) is 4.26. The zero-order valence-electron chi connectivity index (χ0n) is 8.42. The van der Waals surface area contributed by atoms with Crippen LogP contribution in [0.5, 0.6) is 0 Å². The molecule has 0 atom stereocenters. The predicted molar refractivity (Wildman–Crippen MR) is 62.9 cm³/mol. The van der Waals surface area contributed by atoms with Gasteiger partial charge < -0.3 is 10.6 Å². The van der Waals surface area contributed by atoms with Crippen LogP contribution in [0.15, 0.2) is 30.6 Å². The van der Waals surface area contributed by atoms with E-state index in [-0.39, 0.29) is 0 Å². The molecule has 0 saturated carbocycles. The monoisotopic (exact) mass is 220 g/mol. The molecule has 2 N–H and O–H groups in total. The van der Waals surface area contributed by atoms with Crippen molar-refractivity contribution in [2.75, 3.05) is 17.7 Å². The minimum Gasteiger partial charge on any atom is -0.389 e. The van der Waals surface area contributed by atoms with Crippen molar-refractivity contribution in [2.45, 2.75) is 6.54 Å². The second-order valence-electron chi connectivity index (χ2n) is 3.22. The summed E-state index contributed by atoms with van der Waals surface area (Å²) < 4.78 is 0. The average Bonchev–Trinajstić information content (AvgIpc) is 2.66. The number of anilines is 2. The molecule has 0 aromatic carbocycles. The van der Waals surface area contributed by atoms with E-state index in [1.807, 2.05) is 30.1 Å². The molecule has 0 radical (unpaired) electrons. The lowest BCUT2D eigenvalue weighted by molar-refractivity contribution is 0.879. The van der Waals surface area contributed by atoms with Gasteiger partial charge in [0.25, 0.3) is 0 Å². The van der Waals surface area contributed by atoms with Crippen LogP contribution in [0, 0.1) is 0 Å². The molecule has 0 aliphatic heterocycles. The van der Waals surface area contributed by atoms with E-state index in [2.05, 4.69) is 9.97 Å². The van der Waals surface area contributed by atoms with Gasteiger partial charge in [-0.25, -0.2) is 4.98 Å². The molecule has 0 aliphatic carbocycles. The number of thiazole rings is 1. The van der Waals surface area contributed by atoms with E-state index in [1.165, 1.54) is 11.3 Å². The van der Waals surface area contributed by atoms with Crippen molar-refractivity contribution in [3.8, 4) is 0 Å². The Hall–Kier alpha value is -1.62. The van der Waals surface area contributed by atoms with Crippen LogP contribution in [0.3, 0.4) is 0 Å². The highest BCUT2D eigenvalue weighted by molar-refractivity contribution is 7.19. The molecule has 0 spiro atoms. The van der Waals surface area contributed by atoms with Gasteiger partial charge in [0.15, 0.2) is 5.13 Å². The number of rotatable bonds is 3. The fourth-order valence-electron chi connectivity index (χ4n) is 1.26. The summed E-state index contributed by atoms with van der Waals surface area (Å²) in [4.78, 5) is 10.5. The maximum absolute atomic E-state index is 5.62. The summed E-state index contributed by atoms with van der Waals surface area (Å²) >= 11 is 1.48. The van der Waals surface area contributed by atoms with Crippen molar-refractivity contribution < 1.29 is 0 Å². The summed E-state index contributed by atoms with van der Waals surface area (Å²) in [6.45, 7) is 0.744. The van der Waals surface area contributed by atoms with Gasteiger partial charge in [-0.3, -0.25) is 4.98 Å². The second kappa shape index (κ2) is 4.27. The van der Waals surface area contributed by atoms with Gasteiger partial charge in [0.05, 0.1) is 18.4 Å². The first-order valence-corrected chi connectivity index (χ1v) is 5.39. The van der Waals surface area contributed by atoms with Crippen molar-refractivity contribution in [1.82, 2.24) is 9.97 Å². The van der Waals surface area contributed by atoms with Crippen LogP contribution in [0.1, 0.15) is 5.69 Å². The molecule has 2 rings (SSSR count). The maximum atomic E-state index is 5.62. The van der Waals surface area contributed by atoms with Gasteiger partial charge in [-0.15, -0.1) is 0 Å². The van der Waals surface area contributed by atoms with E-state index in [1.54, 1.807) is 12.4 Å². The summed E-state index contributed by atoms with van der Waals surface area (Å²) in [5, 5.41) is 1.65. The molecule has 2 heterocycles. The van der Waals surface area contributed by atoms with Crippen LogP contribution in [-0.4, -0.2) is 17.0 Å². The fraction of sp³-hybridized carbons (Fsp3) is 0.200. The Kier molecular flexibility index (Phi) is 2.82. The number of nitrogens with zero attached hydrogens (tertiary/aromatic N) is 3. The molecule has 0 amide bonds. The molecule has 0 saturated heterocycles. The maximum Gasteiger partial charge on any atom is 0.187 e. The summed E-state index contributed by atoms with van der Waals surface area (Å²) in [6.07, 6.45) is 3.47. The van der Waals surface area contributed by atoms with E-state index in [9.17, 15) is 0 Å². The SMILES string of the molecule is CN(Cc1ccccn1)c1ncc(N)s1. The van der Waals surface area contributed by atoms with Crippen LogP contribution in [0.4, 0.5) is 10.1 Å². The van der Waals surface area contributed by atoms with Gasteiger partial charge in [0.2, 0.25) is 0 Å². The van der Waals surface area contributed by atoms with Crippen molar-refractivity contribution in [3.05, 3.63) is 36.3 Å². The van der Waals surface area contributed by atoms with E-state index >= 15 is 0 Å². The van der Waals surface area contributed by atoms with Crippen molar-refractivity contribution in [2.24, 2.45) is 0 Å². The molecular weight excluding hydrogens is 208 g/mol. The minimum atomic E-state index is 0.734. The highest BCUT2D eigenvalue weighted by atomic mass is 32.1. The van der Waals surface area contributed by atoms with Crippen LogP contribution in [0.25, 0.3) is 0 Å². The van der Waals surface area contributed by atoms with Gasteiger partial charge in [0.1, 0.15) is 5.00 Å². The van der Waals surface area contributed by atoms with Crippen LogP contribution in [-0.2, 0) is 6.54 Å². The van der Waals surface area contributed by atoms with E-state index < -0.39 is 0 Å². The Bertz CT molecular complexity index is 426. The number of nitrogens with two attached hydrogens (primary N) is 1. The summed E-state index contributed by atoms with van der Waals surface area (Å²) in [5.41, 5.74) is 6.65. The Labute approximate surface area is 92.4 Å². The van der Waals surface area contributed by atoms with Gasteiger partial charge in [-0.1, -0.05) is 17.4 Å². The Morgan fingerprint density at radius 2 is 2.27 bits per heavy atom. The Balaban J connectivity index is 2.07. The first kappa shape index (κ1) is 9.92. The topological polar surface area (TPSA) is 55.0 Å². The third-order valence-electron chi connectivity index (χ3n) is 1.96. The minimum absolute atomic E-state index is 0.734. The average molecular weight is 220 g/mol. The van der Waals surface area contributed by atoms with Crippen LogP contribution >= 0.6 is 11.3 Å². The quantitative estimate of drug-likeness (QED) is 0.856. The first-order valence-electron chi connectivity index (χ1n) is 4.58. The molecule has 15 heavy (non-hydrogen) atoms. The van der Waals surface area contributed by atoms with E-state index in [0.717, 1.165) is 22.4 Å². The fourth-order valence-corrected chi connectivity index (χ4v) is 1.90. The standard InChI is InChI=1S/C10H12N4S/c1-14(10-13-6-9(11)15-10)7-8-4-2-3-5-12-8/h2-6H,7,11H2,1H3. The molecule has 0 aliphatic rings. The molecule has 4 nitrogen and oxygen atoms in total. The lowest BCUT2D eigenvalue weighted by atomic mass is 10.3. The normalized spacial score (nSPS) is 10.2. The molecular formula is C10H12N4S. The van der Waals surface area contributed by atoms with Crippen molar-refractivity contribution in [3.63, 3.8) is 0 Å². The number of hydrogen-bond donors (Lipinski definition) is 1. The van der Waals surface area contributed by atoms with Crippen molar-refractivity contribution >= 4 is 21.5 Å². The molecule has 0 unspecified atom stereocenters. The molecule has 5 heteroatoms. The van der Waals surface area contributed by atoms with E-state index in [4.69, 9.17) is 5.73 Å². The lowest BCUT2D eigenvalue weighted by Gasteiger charge is -2.14. The van der Waals surface area contributed by atoms with Gasteiger partial charge in [-0.05, 0) is 12.1 Å². The number of nitrogen functional groups attached to an aromatic ring is 1. The Morgan fingerprint density at radius 1 is 1.40 bits per heavy atom. The summed E-state index contributed by atoms with van der Waals surface area (Å²) in [6, 6.07) is 5.88. The number of aromatic nitrogens is 2. The smallest absolute Gasteiger partial charge is 0.187 e. The highest BCUT2D eigenvalue weighted by Gasteiger charge is 2.06. The molecule has 0 fully saturated rings. The van der Waals surface area contributed by atoms with E-state index in [0.29, 0.717) is 0 Å². The summed E-state index contributed by atoms with van der Waals surface area (Å²) in [5.74, 6) is 0. The van der Waals surface area contributed by atoms with Gasteiger partial charge in [0, 0.05) is 13.2 Å². The van der Waals surface area contributed by atoms with Crippen LogP contribution in [0.2, 0.25) is 0 Å². The number of pyridine rings is 1. The van der Waals surface area contributed by atoms with Crippen molar-refractivity contribution in [1.29, 1.82) is 0 Å².